The summed E-state index contributed by atoms with van der Waals surface area (Å²) in [4.78, 5) is 14.7. The fraction of sp³-hybridized carbons (Fsp3) is 0.875. The molecule has 0 radical (unpaired) electrons. The molecule has 0 aromatic carbocycles. The summed E-state index contributed by atoms with van der Waals surface area (Å²) in [5.74, 6) is -2.25. The summed E-state index contributed by atoms with van der Waals surface area (Å²) < 4.78 is 43.7. The third-order valence-electron chi connectivity index (χ3n) is 1.40. The van der Waals surface area contributed by atoms with Crippen molar-refractivity contribution in [2.24, 2.45) is 4.88 Å². The molecule has 0 aromatic heterocycles. The van der Waals surface area contributed by atoms with E-state index in [4.69, 9.17) is 0 Å². The summed E-state index contributed by atoms with van der Waals surface area (Å²) in [6, 6.07) is 0. The van der Waals surface area contributed by atoms with Crippen LogP contribution in [0.15, 0.2) is 4.88 Å². The van der Waals surface area contributed by atoms with Gasteiger partial charge in [-0.3, -0.25) is 5.09 Å². The second-order valence-electron chi connectivity index (χ2n) is 6.10. The second-order valence-corrected chi connectivity index (χ2v) is 16.7. The number of carbonyl (C=O) groups excluding carboxylic acids is 1. The first-order valence-corrected chi connectivity index (χ1v) is 14.0. The van der Waals surface area contributed by atoms with Gasteiger partial charge in [0, 0.05) is 4.88 Å². The first-order chi connectivity index (χ1) is 8.71. The number of nitrogens with one attached hydrogen (secondary N) is 3. The van der Waals surface area contributed by atoms with Gasteiger partial charge in [-0.25, -0.2) is 9.57 Å². The molecule has 20 heavy (non-hydrogen) atoms. The van der Waals surface area contributed by atoms with E-state index in [1.165, 1.54) is 0 Å². The number of carbonyl (C=O) groups is 1. The normalized spacial score (nSPS) is 15.4. The van der Waals surface area contributed by atoms with Crippen LogP contribution in [0, 0.1) is 0 Å². The van der Waals surface area contributed by atoms with E-state index in [-0.39, 0.29) is 0 Å². The van der Waals surface area contributed by atoms with Gasteiger partial charge in [0.2, 0.25) is 0 Å². The lowest BCUT2D eigenvalue weighted by atomic mass is 10.7. The summed E-state index contributed by atoms with van der Waals surface area (Å²) in [5, 5.41) is 5.43. The van der Waals surface area contributed by atoms with Crippen molar-refractivity contribution in [3.05, 3.63) is 0 Å². The topological polar surface area (TPSA) is 76.7 Å². The Balaban J connectivity index is 4.80. The first kappa shape index (κ1) is 19.6. The smallest absolute Gasteiger partial charge is 0.396 e. The molecule has 0 saturated heterocycles. The Hall–Kier alpha value is -0.356. The van der Waals surface area contributed by atoms with Gasteiger partial charge >= 0.3 is 28.8 Å². The van der Waals surface area contributed by atoms with Crippen LogP contribution in [0.5, 0.6) is 0 Å². The lowest BCUT2D eigenvalue weighted by Gasteiger charge is -2.20. The molecule has 0 aromatic rings. The van der Waals surface area contributed by atoms with Crippen molar-refractivity contribution in [3.8, 4) is 0 Å². The van der Waals surface area contributed by atoms with Gasteiger partial charge in [-0.05, 0) is 19.6 Å². The number of hydrogen-bond acceptors (Lipinski definition) is 5. The summed E-state index contributed by atoms with van der Waals surface area (Å²) >= 11 is 0. The predicted molar refractivity (Wildman–Crippen MR) is 75.4 cm³/mol. The van der Waals surface area contributed by atoms with Gasteiger partial charge in [-0.2, -0.15) is 18.4 Å². The molecule has 0 aliphatic heterocycles. The Bertz CT molecular complexity index is 368. The maximum Gasteiger partial charge on any atom is 0.491 e. The zero-order valence-corrected chi connectivity index (χ0v) is 15.2. The van der Waals surface area contributed by atoms with Crippen molar-refractivity contribution < 1.29 is 27.3 Å². The Morgan fingerprint density at radius 3 is 2.05 bits per heavy atom. The minimum atomic E-state index is -5.03. The minimum Gasteiger partial charge on any atom is -0.396 e. The van der Waals surface area contributed by atoms with Gasteiger partial charge < -0.3 is 4.52 Å². The SMILES string of the molecule is C[Si](C)(C)NNP(/N=[NH+]/[Si](C)(C)C)OC(=O)C(F)(F)F. The molecule has 12 heteroatoms. The maximum atomic E-state index is 12.2. The maximum absolute atomic E-state index is 12.2. The van der Waals surface area contributed by atoms with E-state index in [1.807, 2.05) is 39.3 Å². The molecular formula is C8H21F3N4O2PSi2+. The highest BCUT2D eigenvalue weighted by atomic mass is 31.2. The van der Waals surface area contributed by atoms with Crippen LogP contribution in [0.25, 0.3) is 0 Å². The lowest BCUT2D eigenvalue weighted by Crippen LogP contribution is -2.83. The van der Waals surface area contributed by atoms with Crippen LogP contribution >= 0.6 is 8.45 Å². The van der Waals surface area contributed by atoms with E-state index >= 15 is 0 Å². The summed E-state index contributed by atoms with van der Waals surface area (Å²) in [6.45, 7) is 11.6. The van der Waals surface area contributed by atoms with Crippen LogP contribution in [0.4, 0.5) is 13.2 Å². The molecule has 0 spiro atoms. The monoisotopic (exact) mass is 349 g/mol. The van der Waals surface area contributed by atoms with E-state index in [0.717, 1.165) is 0 Å². The summed E-state index contributed by atoms with van der Waals surface area (Å²) in [5.41, 5.74) is 0. The minimum absolute atomic E-state index is 1.79. The van der Waals surface area contributed by atoms with Gasteiger partial charge in [-0.15, -0.1) is 0 Å². The van der Waals surface area contributed by atoms with Crippen molar-refractivity contribution in [1.29, 1.82) is 0 Å². The van der Waals surface area contributed by atoms with E-state index in [0.29, 0.717) is 0 Å². The van der Waals surface area contributed by atoms with Crippen molar-refractivity contribution in [2.45, 2.75) is 45.5 Å². The van der Waals surface area contributed by atoms with Crippen LogP contribution in [0.2, 0.25) is 39.3 Å². The number of nitrogens with zero attached hydrogens (tertiary/aromatic N) is 1. The zero-order chi connectivity index (χ0) is 16.2. The standard InChI is InChI=1S/C8H20F3N4O2PSi2/c1-19(2,3)14-12-18(13-15-20(4,5)6)17-7(16)8(9,10)11/h12,14H,1-6H3/p+1/b15-13+. The predicted octanol–water partition coefficient (Wildman–Crippen LogP) is 1.62. The Labute approximate surface area is 119 Å². The first-order valence-electron chi connectivity index (χ1n) is 5.80. The molecule has 0 aliphatic rings. The average Bonchev–Trinajstić information content (AvgIpc) is 2.17. The van der Waals surface area contributed by atoms with Gasteiger partial charge in [0.25, 0.3) is 0 Å². The van der Waals surface area contributed by atoms with Crippen LogP contribution in [0.3, 0.4) is 0 Å². The average molecular weight is 349 g/mol. The second kappa shape index (κ2) is 7.07. The fourth-order valence-electron chi connectivity index (χ4n) is 0.609. The zero-order valence-electron chi connectivity index (χ0n) is 12.3. The molecule has 0 saturated carbocycles. The highest BCUT2D eigenvalue weighted by Crippen LogP contribution is 2.34. The highest BCUT2D eigenvalue weighted by molar-refractivity contribution is 7.49. The fourth-order valence-corrected chi connectivity index (χ4v) is 4.29. The molecule has 0 bridgehead atoms. The van der Waals surface area contributed by atoms with Gasteiger partial charge in [0.1, 0.15) is 8.24 Å². The Morgan fingerprint density at radius 2 is 1.70 bits per heavy atom. The van der Waals surface area contributed by atoms with Crippen LogP contribution in [-0.4, -0.2) is 28.6 Å². The molecule has 0 rings (SSSR count). The molecule has 0 aliphatic carbocycles. The molecular weight excluding hydrogens is 328 g/mol. The molecule has 1 atom stereocenters. The van der Waals surface area contributed by atoms with Crippen LogP contribution < -0.4 is 15.1 Å². The molecule has 3 N–H and O–H groups in total. The number of alkyl halides is 3. The van der Waals surface area contributed by atoms with Crippen molar-refractivity contribution >= 4 is 30.9 Å². The van der Waals surface area contributed by atoms with Crippen molar-refractivity contribution in [1.82, 2.24) is 10.3 Å². The molecule has 0 amide bonds. The van der Waals surface area contributed by atoms with E-state index in [2.05, 4.69) is 24.5 Å². The quantitative estimate of drug-likeness (QED) is 0.295. The van der Waals surface area contributed by atoms with E-state index < -0.39 is 37.1 Å². The van der Waals surface area contributed by atoms with Crippen LogP contribution in [-0.2, 0) is 9.32 Å². The van der Waals surface area contributed by atoms with Crippen LogP contribution in [0.1, 0.15) is 0 Å². The van der Waals surface area contributed by atoms with Gasteiger partial charge in [-0.1, -0.05) is 19.6 Å². The molecule has 0 fully saturated rings. The van der Waals surface area contributed by atoms with Gasteiger partial charge in [0.05, 0.1) is 0 Å². The number of rotatable bonds is 6. The molecule has 0 heterocycles. The van der Waals surface area contributed by atoms with Crippen molar-refractivity contribution in [3.63, 3.8) is 0 Å². The largest absolute Gasteiger partial charge is 0.491 e. The van der Waals surface area contributed by atoms with Gasteiger partial charge in [0.15, 0.2) is 0 Å². The molecule has 118 valence electrons. The molecule has 1 unspecified atom stereocenters. The third-order valence-corrected chi connectivity index (χ3v) is 4.38. The number of hydrazine groups is 1. The summed E-state index contributed by atoms with van der Waals surface area (Å²) in [7, 11) is -5.75. The number of halogens is 3. The van der Waals surface area contributed by atoms with E-state index in [9.17, 15) is 18.0 Å². The van der Waals surface area contributed by atoms with E-state index in [1.54, 1.807) is 0 Å². The lowest BCUT2D eigenvalue weighted by molar-refractivity contribution is -0.383. The number of hydrogen-bond donors (Lipinski definition) is 3. The summed E-state index contributed by atoms with van der Waals surface area (Å²) in [6.07, 6.45) is -5.03. The highest BCUT2D eigenvalue weighted by Gasteiger charge is 2.43. The van der Waals surface area contributed by atoms with Crippen molar-refractivity contribution in [2.75, 3.05) is 0 Å². The Kier molecular flexibility index (Phi) is 6.95. The molecule has 6 nitrogen and oxygen atoms in total. The Morgan fingerprint density at radius 1 is 1.20 bits per heavy atom. The third kappa shape index (κ3) is 10.4.